The number of ether oxygens (including phenoxy) is 1. The van der Waals surface area contributed by atoms with E-state index in [-0.39, 0.29) is 29.8 Å². The lowest BCUT2D eigenvalue weighted by molar-refractivity contribution is -0.147. The van der Waals surface area contributed by atoms with E-state index in [1.165, 1.54) is 17.0 Å². The third-order valence-corrected chi connectivity index (χ3v) is 3.48. The first-order chi connectivity index (χ1) is 9.00. The lowest BCUT2D eigenvalue weighted by Gasteiger charge is -2.32. The maximum Gasteiger partial charge on any atom is 0.328 e. The zero-order chi connectivity index (χ0) is 14.0. The highest BCUT2D eigenvalue weighted by molar-refractivity contribution is 9.10. The normalized spacial score (nSPS) is 19.3. The number of aliphatic carboxylic acids is 1. The number of carbonyl (C=O) groups excluding carboxylic acids is 1. The molecule has 1 aliphatic rings. The van der Waals surface area contributed by atoms with Crippen LogP contribution in [0.25, 0.3) is 0 Å². The van der Waals surface area contributed by atoms with Gasteiger partial charge >= 0.3 is 5.97 Å². The molecule has 0 aliphatic carbocycles. The summed E-state index contributed by atoms with van der Waals surface area (Å²) in [6, 6.07) is 2.91. The summed E-state index contributed by atoms with van der Waals surface area (Å²) in [5.41, 5.74) is 0.119. The van der Waals surface area contributed by atoms with E-state index in [1.54, 1.807) is 0 Å². The van der Waals surface area contributed by atoms with Gasteiger partial charge in [0.2, 0.25) is 0 Å². The summed E-state index contributed by atoms with van der Waals surface area (Å²) in [5.74, 6) is -2.21. The number of hydrogen-bond acceptors (Lipinski definition) is 3. The molecule has 0 saturated carbocycles. The number of hydrogen-bond donors (Lipinski definition) is 1. The van der Waals surface area contributed by atoms with Crippen LogP contribution in [0.15, 0.2) is 22.7 Å². The van der Waals surface area contributed by atoms with Gasteiger partial charge in [-0.2, -0.15) is 0 Å². The molecule has 19 heavy (non-hydrogen) atoms. The minimum absolute atomic E-state index is 0.0555. The second-order valence-electron chi connectivity index (χ2n) is 4.06. The maximum atomic E-state index is 13.4. The number of benzene rings is 1. The minimum atomic E-state index is -1.13. The van der Waals surface area contributed by atoms with Crippen molar-refractivity contribution >= 4 is 27.8 Å². The van der Waals surface area contributed by atoms with Crippen LogP contribution in [0.2, 0.25) is 0 Å². The summed E-state index contributed by atoms with van der Waals surface area (Å²) < 4.78 is 18.7. The average Bonchev–Trinajstić information content (AvgIpc) is 2.41. The minimum Gasteiger partial charge on any atom is -0.480 e. The van der Waals surface area contributed by atoms with Crippen LogP contribution in [0.1, 0.15) is 10.4 Å². The SMILES string of the molecule is O=C(O)C1COCCN1C(=O)c1ccc(Br)c(F)c1. The van der Waals surface area contributed by atoms with Crippen LogP contribution in [-0.4, -0.2) is 47.7 Å². The van der Waals surface area contributed by atoms with Gasteiger partial charge in [0.05, 0.1) is 17.7 Å². The standard InChI is InChI=1S/C12H11BrFNO4/c13-8-2-1-7(5-9(8)14)11(16)15-3-4-19-6-10(15)12(17)18/h1-2,5,10H,3-4,6H2,(H,17,18). The number of morpholine rings is 1. The average molecular weight is 332 g/mol. The van der Waals surface area contributed by atoms with E-state index in [4.69, 9.17) is 9.84 Å². The Kier molecular flexibility index (Phi) is 4.16. The fraction of sp³-hybridized carbons (Fsp3) is 0.333. The first-order valence-corrected chi connectivity index (χ1v) is 6.36. The Morgan fingerprint density at radius 1 is 1.47 bits per heavy atom. The number of halogens is 2. The fourth-order valence-corrected chi connectivity index (χ4v) is 2.09. The number of carbonyl (C=O) groups is 2. The number of carboxylic acids is 1. The molecule has 1 atom stereocenters. The second-order valence-corrected chi connectivity index (χ2v) is 4.91. The lowest BCUT2D eigenvalue weighted by atomic mass is 10.1. The van der Waals surface area contributed by atoms with Crippen molar-refractivity contribution in [1.82, 2.24) is 4.90 Å². The Bertz CT molecular complexity index is 522. The monoisotopic (exact) mass is 331 g/mol. The number of carboxylic acid groups (broad SMARTS) is 1. The molecule has 0 spiro atoms. The van der Waals surface area contributed by atoms with Crippen molar-refractivity contribution < 1.29 is 23.8 Å². The van der Waals surface area contributed by atoms with Gasteiger partial charge in [0, 0.05) is 12.1 Å². The molecule has 1 unspecified atom stereocenters. The van der Waals surface area contributed by atoms with Gasteiger partial charge in [-0.15, -0.1) is 0 Å². The zero-order valence-corrected chi connectivity index (χ0v) is 11.4. The Morgan fingerprint density at radius 3 is 2.84 bits per heavy atom. The van der Waals surface area contributed by atoms with Crippen LogP contribution in [0.5, 0.6) is 0 Å². The molecule has 2 rings (SSSR count). The van der Waals surface area contributed by atoms with Gasteiger partial charge in [-0.1, -0.05) is 0 Å². The Balaban J connectivity index is 2.26. The predicted octanol–water partition coefficient (Wildman–Crippen LogP) is 1.51. The molecular formula is C12H11BrFNO4. The van der Waals surface area contributed by atoms with Crippen molar-refractivity contribution in [2.24, 2.45) is 0 Å². The summed E-state index contributed by atoms with van der Waals surface area (Å²) in [6.45, 7) is 0.391. The maximum absolute atomic E-state index is 13.4. The van der Waals surface area contributed by atoms with Gasteiger partial charge in [0.15, 0.2) is 6.04 Å². The van der Waals surface area contributed by atoms with Gasteiger partial charge in [-0.05, 0) is 34.1 Å². The summed E-state index contributed by atoms with van der Waals surface area (Å²) in [6.07, 6.45) is 0. The molecule has 0 radical (unpaired) electrons. The molecule has 5 nitrogen and oxygen atoms in total. The zero-order valence-electron chi connectivity index (χ0n) is 9.81. The van der Waals surface area contributed by atoms with Crippen molar-refractivity contribution in [3.8, 4) is 0 Å². The Morgan fingerprint density at radius 2 is 2.21 bits per heavy atom. The van der Waals surface area contributed by atoms with Crippen LogP contribution in [0, 0.1) is 5.82 Å². The first kappa shape index (κ1) is 14.0. The van der Waals surface area contributed by atoms with E-state index < -0.39 is 23.7 Å². The molecule has 1 aromatic rings. The molecule has 102 valence electrons. The molecule has 1 aliphatic heterocycles. The van der Waals surface area contributed by atoms with Gasteiger partial charge in [0.25, 0.3) is 5.91 Å². The number of amides is 1. The fourth-order valence-electron chi connectivity index (χ4n) is 1.85. The van der Waals surface area contributed by atoms with Crippen LogP contribution >= 0.6 is 15.9 Å². The van der Waals surface area contributed by atoms with Crippen LogP contribution in [0.4, 0.5) is 4.39 Å². The highest BCUT2D eigenvalue weighted by atomic mass is 79.9. The molecule has 1 heterocycles. The molecular weight excluding hydrogens is 321 g/mol. The van der Waals surface area contributed by atoms with Crippen LogP contribution in [0.3, 0.4) is 0 Å². The van der Waals surface area contributed by atoms with Gasteiger partial charge in [-0.3, -0.25) is 4.79 Å². The lowest BCUT2D eigenvalue weighted by Crippen LogP contribution is -2.52. The summed E-state index contributed by atoms with van der Waals surface area (Å²) in [4.78, 5) is 24.5. The Labute approximate surface area is 117 Å². The number of rotatable bonds is 2. The van der Waals surface area contributed by atoms with Crippen molar-refractivity contribution in [2.45, 2.75) is 6.04 Å². The smallest absolute Gasteiger partial charge is 0.328 e. The van der Waals surface area contributed by atoms with Crippen LogP contribution < -0.4 is 0 Å². The van der Waals surface area contributed by atoms with E-state index in [0.29, 0.717) is 0 Å². The second kappa shape index (κ2) is 5.66. The molecule has 0 aromatic heterocycles. The predicted molar refractivity (Wildman–Crippen MR) is 67.4 cm³/mol. The van der Waals surface area contributed by atoms with Crippen molar-refractivity contribution in [3.05, 3.63) is 34.1 Å². The van der Waals surface area contributed by atoms with E-state index in [9.17, 15) is 14.0 Å². The largest absolute Gasteiger partial charge is 0.480 e. The summed E-state index contributed by atoms with van der Waals surface area (Å²) >= 11 is 3.00. The topological polar surface area (TPSA) is 66.8 Å². The van der Waals surface area contributed by atoms with E-state index >= 15 is 0 Å². The molecule has 1 saturated heterocycles. The highest BCUT2D eigenvalue weighted by Crippen LogP contribution is 2.19. The Hall–Kier alpha value is -1.47. The van der Waals surface area contributed by atoms with Crippen molar-refractivity contribution in [3.63, 3.8) is 0 Å². The highest BCUT2D eigenvalue weighted by Gasteiger charge is 2.33. The molecule has 1 fully saturated rings. The van der Waals surface area contributed by atoms with E-state index in [1.807, 2.05) is 0 Å². The van der Waals surface area contributed by atoms with E-state index in [0.717, 1.165) is 6.07 Å². The molecule has 0 bridgehead atoms. The molecule has 1 N–H and O–H groups in total. The summed E-state index contributed by atoms with van der Waals surface area (Å²) in [7, 11) is 0. The van der Waals surface area contributed by atoms with E-state index in [2.05, 4.69) is 15.9 Å². The molecule has 1 aromatic carbocycles. The number of nitrogens with zero attached hydrogens (tertiary/aromatic N) is 1. The van der Waals surface area contributed by atoms with Crippen LogP contribution in [-0.2, 0) is 9.53 Å². The third kappa shape index (κ3) is 2.93. The van der Waals surface area contributed by atoms with Gasteiger partial charge in [0.1, 0.15) is 5.82 Å². The van der Waals surface area contributed by atoms with Crippen molar-refractivity contribution in [1.29, 1.82) is 0 Å². The van der Waals surface area contributed by atoms with Gasteiger partial charge < -0.3 is 14.7 Å². The molecule has 7 heteroatoms. The first-order valence-electron chi connectivity index (χ1n) is 5.57. The molecule has 1 amide bonds. The third-order valence-electron chi connectivity index (χ3n) is 2.84. The van der Waals surface area contributed by atoms with Crippen molar-refractivity contribution in [2.75, 3.05) is 19.8 Å². The summed E-state index contributed by atoms with van der Waals surface area (Å²) in [5, 5.41) is 9.05. The quantitative estimate of drug-likeness (QED) is 0.892. The van der Waals surface area contributed by atoms with Gasteiger partial charge in [-0.25, -0.2) is 9.18 Å².